The fourth-order valence-electron chi connectivity index (χ4n) is 2.40. The van der Waals surface area contributed by atoms with Gasteiger partial charge in [-0.3, -0.25) is 0 Å². The highest BCUT2D eigenvalue weighted by Crippen LogP contribution is 2.26. The van der Waals surface area contributed by atoms with E-state index in [-0.39, 0.29) is 23.9 Å². The fraction of sp³-hybridized carbons (Fsp3) is 0.316. The molecule has 0 aromatic heterocycles. The average Bonchev–Trinajstić information content (AvgIpc) is 2.60. The zero-order valence-corrected chi connectivity index (χ0v) is 15.0. The third-order valence-electron chi connectivity index (χ3n) is 3.68. The predicted octanol–water partition coefficient (Wildman–Crippen LogP) is 4.54. The molecule has 0 radical (unpaired) electrons. The van der Waals surface area contributed by atoms with Gasteiger partial charge < -0.3 is 20.1 Å². The summed E-state index contributed by atoms with van der Waals surface area (Å²) < 4.78 is 46.6. The van der Waals surface area contributed by atoms with Gasteiger partial charge in [-0.1, -0.05) is 30.3 Å². The Kier molecular flexibility index (Phi) is 6.92. The van der Waals surface area contributed by atoms with Crippen LogP contribution in [-0.2, 0) is 6.54 Å². The molecule has 2 rings (SSSR count). The topological polar surface area (TPSA) is 59.6 Å². The summed E-state index contributed by atoms with van der Waals surface area (Å²) in [5.41, 5.74) is 1.09. The zero-order valence-electron chi connectivity index (χ0n) is 15.0. The summed E-state index contributed by atoms with van der Waals surface area (Å²) in [6, 6.07) is 12.1. The van der Waals surface area contributed by atoms with E-state index >= 15 is 0 Å². The molecule has 0 aliphatic carbocycles. The van der Waals surface area contributed by atoms with Gasteiger partial charge in [0.25, 0.3) is 0 Å². The van der Waals surface area contributed by atoms with Gasteiger partial charge in [0, 0.05) is 12.1 Å². The Morgan fingerprint density at radius 1 is 1.11 bits per heavy atom. The highest BCUT2D eigenvalue weighted by molar-refractivity contribution is 5.74. The minimum Gasteiger partial charge on any atom is -0.494 e. The van der Waals surface area contributed by atoms with Gasteiger partial charge in [-0.25, -0.2) is 4.79 Å². The molecule has 2 aromatic carbocycles. The predicted molar refractivity (Wildman–Crippen MR) is 94.5 cm³/mol. The molecule has 5 nitrogen and oxygen atoms in total. The van der Waals surface area contributed by atoms with Crippen LogP contribution >= 0.6 is 0 Å². The van der Waals surface area contributed by atoms with Crippen LogP contribution in [0.4, 0.5) is 18.0 Å². The van der Waals surface area contributed by atoms with Gasteiger partial charge >= 0.3 is 12.4 Å². The number of amides is 2. The van der Waals surface area contributed by atoms with Crippen molar-refractivity contribution in [1.82, 2.24) is 10.6 Å². The molecule has 8 heteroatoms. The number of urea groups is 1. The second-order valence-corrected chi connectivity index (χ2v) is 5.71. The number of hydrogen-bond acceptors (Lipinski definition) is 3. The van der Waals surface area contributed by atoms with Gasteiger partial charge in [-0.15, -0.1) is 13.2 Å². The number of carbonyl (C=O) groups is 1. The number of alkyl halides is 3. The van der Waals surface area contributed by atoms with Crippen molar-refractivity contribution in [2.45, 2.75) is 32.8 Å². The molecule has 0 heterocycles. The van der Waals surface area contributed by atoms with Gasteiger partial charge in [-0.2, -0.15) is 0 Å². The largest absolute Gasteiger partial charge is 0.573 e. The maximum absolute atomic E-state index is 12.4. The van der Waals surface area contributed by atoms with Gasteiger partial charge in [0.1, 0.15) is 11.5 Å². The van der Waals surface area contributed by atoms with Crippen LogP contribution in [0.1, 0.15) is 31.0 Å². The molecular weight excluding hydrogens is 361 g/mol. The van der Waals surface area contributed by atoms with Crippen LogP contribution in [0.5, 0.6) is 11.5 Å². The summed E-state index contributed by atoms with van der Waals surface area (Å²) in [5.74, 6) is 0.393. The maximum Gasteiger partial charge on any atom is 0.573 e. The van der Waals surface area contributed by atoms with Crippen LogP contribution < -0.4 is 20.1 Å². The van der Waals surface area contributed by atoms with E-state index in [0.29, 0.717) is 6.61 Å². The molecule has 0 saturated heterocycles. The van der Waals surface area contributed by atoms with Crippen molar-refractivity contribution in [3.63, 3.8) is 0 Å². The zero-order chi connectivity index (χ0) is 19.9. The van der Waals surface area contributed by atoms with Gasteiger partial charge in [0.2, 0.25) is 0 Å². The lowest BCUT2D eigenvalue weighted by molar-refractivity contribution is -0.274. The van der Waals surface area contributed by atoms with E-state index in [1.165, 1.54) is 18.2 Å². The monoisotopic (exact) mass is 382 g/mol. The van der Waals surface area contributed by atoms with Crippen molar-refractivity contribution < 1.29 is 27.4 Å². The van der Waals surface area contributed by atoms with E-state index in [4.69, 9.17) is 4.74 Å². The number of halogens is 3. The number of carbonyl (C=O) groups excluding carboxylic acids is 1. The Labute approximate surface area is 155 Å². The normalized spacial score (nSPS) is 12.2. The molecule has 0 spiro atoms. The molecule has 27 heavy (non-hydrogen) atoms. The first kappa shape index (κ1) is 20.4. The lowest BCUT2D eigenvalue weighted by atomic mass is 10.1. The smallest absolute Gasteiger partial charge is 0.494 e. The first-order valence-corrected chi connectivity index (χ1v) is 8.39. The molecule has 2 N–H and O–H groups in total. The van der Waals surface area contributed by atoms with Crippen LogP contribution in [0.3, 0.4) is 0 Å². The number of benzene rings is 2. The van der Waals surface area contributed by atoms with E-state index in [9.17, 15) is 18.0 Å². The third-order valence-corrected chi connectivity index (χ3v) is 3.68. The van der Waals surface area contributed by atoms with Crippen molar-refractivity contribution >= 4 is 6.03 Å². The second-order valence-electron chi connectivity index (χ2n) is 5.71. The molecule has 0 saturated carbocycles. The first-order valence-electron chi connectivity index (χ1n) is 8.39. The first-order chi connectivity index (χ1) is 12.8. The van der Waals surface area contributed by atoms with Crippen molar-refractivity contribution in [1.29, 1.82) is 0 Å². The van der Waals surface area contributed by atoms with Gasteiger partial charge in [-0.05, 0) is 37.6 Å². The SMILES string of the molecule is CCOc1ccc(C(C)NC(=O)NCc2ccccc2OC(F)(F)F)cc1. The Balaban J connectivity index is 1.91. The Morgan fingerprint density at radius 3 is 2.41 bits per heavy atom. The second kappa shape index (κ2) is 9.16. The summed E-state index contributed by atoms with van der Waals surface area (Å²) in [6.07, 6.45) is -4.79. The quantitative estimate of drug-likeness (QED) is 0.739. The van der Waals surface area contributed by atoms with Crippen molar-refractivity contribution in [2.24, 2.45) is 0 Å². The molecule has 1 unspecified atom stereocenters. The number of para-hydroxylation sites is 1. The van der Waals surface area contributed by atoms with Crippen molar-refractivity contribution in [3.8, 4) is 11.5 Å². The highest BCUT2D eigenvalue weighted by Gasteiger charge is 2.32. The number of hydrogen-bond donors (Lipinski definition) is 2. The highest BCUT2D eigenvalue weighted by atomic mass is 19.4. The number of rotatable bonds is 7. The molecule has 1 atom stereocenters. The van der Waals surface area contributed by atoms with Gasteiger partial charge in [0.05, 0.1) is 12.6 Å². The molecule has 0 aliphatic rings. The van der Waals surface area contributed by atoms with Crippen molar-refractivity contribution in [3.05, 3.63) is 59.7 Å². The van der Waals surface area contributed by atoms with Crippen LogP contribution in [0, 0.1) is 0 Å². The summed E-state index contributed by atoms with van der Waals surface area (Å²) >= 11 is 0. The fourth-order valence-corrected chi connectivity index (χ4v) is 2.40. The van der Waals surface area contributed by atoms with Crippen LogP contribution in [0.15, 0.2) is 48.5 Å². The van der Waals surface area contributed by atoms with E-state index in [2.05, 4.69) is 15.4 Å². The van der Waals surface area contributed by atoms with E-state index in [1.807, 2.05) is 19.1 Å². The van der Waals surface area contributed by atoms with Crippen LogP contribution in [0.2, 0.25) is 0 Å². The third kappa shape index (κ3) is 6.73. The summed E-state index contributed by atoms with van der Waals surface area (Å²) in [5, 5.41) is 5.27. The van der Waals surface area contributed by atoms with Gasteiger partial charge in [0.15, 0.2) is 0 Å². The van der Waals surface area contributed by atoms with Crippen LogP contribution in [0.25, 0.3) is 0 Å². The summed E-state index contributed by atoms with van der Waals surface area (Å²) in [7, 11) is 0. The molecule has 0 fully saturated rings. The maximum atomic E-state index is 12.4. The lowest BCUT2D eigenvalue weighted by Gasteiger charge is -2.17. The van der Waals surface area contributed by atoms with E-state index in [0.717, 1.165) is 11.3 Å². The summed E-state index contributed by atoms with van der Waals surface area (Å²) in [6.45, 7) is 4.15. The molecule has 0 bridgehead atoms. The standard InChI is InChI=1S/C19H21F3N2O3/c1-3-26-16-10-8-14(9-11-16)13(2)24-18(25)23-12-15-6-4-5-7-17(15)27-19(20,21)22/h4-11,13H,3,12H2,1-2H3,(H2,23,24,25). The number of ether oxygens (including phenoxy) is 2. The lowest BCUT2D eigenvalue weighted by Crippen LogP contribution is -2.36. The van der Waals surface area contributed by atoms with Crippen LogP contribution in [-0.4, -0.2) is 19.0 Å². The van der Waals surface area contributed by atoms with Crippen molar-refractivity contribution in [2.75, 3.05) is 6.61 Å². The van der Waals surface area contributed by atoms with E-state index < -0.39 is 12.4 Å². The Bertz CT molecular complexity index is 749. The van der Waals surface area contributed by atoms with E-state index in [1.54, 1.807) is 25.1 Å². The molecule has 0 aliphatic heterocycles. The Morgan fingerprint density at radius 2 is 1.78 bits per heavy atom. The summed E-state index contributed by atoms with van der Waals surface area (Å²) in [4.78, 5) is 12.1. The molecule has 2 amide bonds. The minimum atomic E-state index is -4.79. The molecular formula is C19H21F3N2O3. The molecule has 146 valence electrons. The Hall–Kier alpha value is -2.90. The molecule has 2 aromatic rings. The minimum absolute atomic E-state index is 0.103. The average molecular weight is 382 g/mol. The number of nitrogens with one attached hydrogen (secondary N) is 2.